The molecule has 0 atom stereocenters. The van der Waals surface area contributed by atoms with Gasteiger partial charge in [-0.2, -0.15) is 4.98 Å². The van der Waals surface area contributed by atoms with Gasteiger partial charge in [0.05, 0.1) is 0 Å². The fourth-order valence-electron chi connectivity index (χ4n) is 1.47. The van der Waals surface area contributed by atoms with Gasteiger partial charge in [-0.05, 0) is 24.3 Å². The molecule has 1 heterocycles. The second kappa shape index (κ2) is 6.12. The van der Waals surface area contributed by atoms with Crippen molar-refractivity contribution in [3.05, 3.63) is 48.3 Å². The molecule has 1 amide bonds. The van der Waals surface area contributed by atoms with E-state index in [1.54, 1.807) is 24.1 Å². The number of nitrogens with zero attached hydrogens (tertiary/aromatic N) is 4. The van der Waals surface area contributed by atoms with Gasteiger partial charge >= 0.3 is 0 Å². The quantitative estimate of drug-likeness (QED) is 0.875. The summed E-state index contributed by atoms with van der Waals surface area (Å²) in [5, 5.41) is 3.09. The normalized spacial score (nSPS) is 9.90. The van der Waals surface area contributed by atoms with E-state index in [9.17, 15) is 4.79 Å². The van der Waals surface area contributed by atoms with Crippen LogP contribution >= 0.6 is 11.6 Å². The van der Waals surface area contributed by atoms with E-state index in [2.05, 4.69) is 26.8 Å². The number of nitrogens with one attached hydrogen (secondary N) is 1. The molecule has 0 aliphatic carbocycles. The van der Waals surface area contributed by atoms with E-state index in [-0.39, 0.29) is 11.9 Å². The summed E-state index contributed by atoms with van der Waals surface area (Å²) in [4.78, 5) is 25.0. The smallest absolute Gasteiger partial charge is 0.250 e. The standard InChI is InChI=1S/C13H12ClN5O/c1-3-11(20)17-12-15-8-16-13(18-12)19(2)10-6-4-5-9(14)7-10/h3-8H,1H2,2H3,(H,15,16,17,18,20). The van der Waals surface area contributed by atoms with Crippen LogP contribution in [0.5, 0.6) is 0 Å². The first kappa shape index (κ1) is 14.0. The first-order chi connectivity index (χ1) is 9.60. The van der Waals surface area contributed by atoms with Crippen molar-refractivity contribution in [3.63, 3.8) is 0 Å². The molecule has 0 saturated heterocycles. The lowest BCUT2D eigenvalue weighted by Crippen LogP contribution is -2.16. The SMILES string of the molecule is C=CC(=O)Nc1ncnc(N(C)c2cccc(Cl)c2)n1. The van der Waals surface area contributed by atoms with E-state index in [1.807, 2.05) is 12.1 Å². The highest BCUT2D eigenvalue weighted by Crippen LogP contribution is 2.23. The summed E-state index contributed by atoms with van der Waals surface area (Å²) in [6.45, 7) is 3.36. The van der Waals surface area contributed by atoms with Crippen molar-refractivity contribution in [1.82, 2.24) is 15.0 Å². The molecular formula is C13H12ClN5O. The Morgan fingerprint density at radius 1 is 1.45 bits per heavy atom. The number of hydrogen-bond acceptors (Lipinski definition) is 5. The fraction of sp³-hybridized carbons (Fsp3) is 0.0769. The Morgan fingerprint density at radius 2 is 2.25 bits per heavy atom. The van der Waals surface area contributed by atoms with Gasteiger partial charge < -0.3 is 4.90 Å². The average molecular weight is 290 g/mol. The molecule has 2 aromatic rings. The number of carbonyl (C=O) groups excluding carboxylic acids is 1. The predicted octanol–water partition coefficient (Wildman–Crippen LogP) is 2.42. The van der Waals surface area contributed by atoms with Gasteiger partial charge in [-0.1, -0.05) is 24.2 Å². The maximum Gasteiger partial charge on any atom is 0.250 e. The molecule has 0 bridgehead atoms. The summed E-state index contributed by atoms with van der Waals surface area (Å²) in [5.41, 5.74) is 0.824. The van der Waals surface area contributed by atoms with E-state index in [4.69, 9.17) is 11.6 Å². The molecule has 0 spiro atoms. The van der Waals surface area contributed by atoms with Crippen LogP contribution in [0, 0.1) is 0 Å². The van der Waals surface area contributed by atoms with Crippen LogP contribution in [-0.2, 0) is 4.79 Å². The number of amides is 1. The van der Waals surface area contributed by atoms with Crippen molar-refractivity contribution in [1.29, 1.82) is 0 Å². The number of anilines is 3. The zero-order chi connectivity index (χ0) is 14.5. The molecule has 0 unspecified atom stereocenters. The van der Waals surface area contributed by atoms with E-state index in [0.717, 1.165) is 11.8 Å². The van der Waals surface area contributed by atoms with Crippen molar-refractivity contribution < 1.29 is 4.79 Å². The molecule has 6 nitrogen and oxygen atoms in total. The Bertz CT molecular complexity index is 646. The minimum absolute atomic E-state index is 0.161. The molecular weight excluding hydrogens is 278 g/mol. The van der Waals surface area contributed by atoms with Gasteiger partial charge in [0, 0.05) is 17.8 Å². The van der Waals surface area contributed by atoms with Crippen molar-refractivity contribution in [2.24, 2.45) is 0 Å². The molecule has 7 heteroatoms. The van der Waals surface area contributed by atoms with Crippen LogP contribution in [-0.4, -0.2) is 27.9 Å². The van der Waals surface area contributed by atoms with Gasteiger partial charge in [-0.15, -0.1) is 0 Å². The molecule has 20 heavy (non-hydrogen) atoms. The van der Waals surface area contributed by atoms with E-state index < -0.39 is 0 Å². The molecule has 2 rings (SSSR count). The molecule has 0 aliphatic rings. The topological polar surface area (TPSA) is 71.0 Å². The third-order valence-corrected chi connectivity index (χ3v) is 2.71. The largest absolute Gasteiger partial charge is 0.313 e. The summed E-state index contributed by atoms with van der Waals surface area (Å²) in [6, 6.07) is 7.27. The third kappa shape index (κ3) is 3.30. The highest BCUT2D eigenvalue weighted by Gasteiger charge is 2.09. The minimum atomic E-state index is -0.382. The van der Waals surface area contributed by atoms with Gasteiger partial charge in [0.1, 0.15) is 6.33 Å². The fourth-order valence-corrected chi connectivity index (χ4v) is 1.66. The number of carbonyl (C=O) groups is 1. The van der Waals surface area contributed by atoms with Crippen LogP contribution < -0.4 is 10.2 Å². The van der Waals surface area contributed by atoms with Crippen molar-refractivity contribution >= 4 is 35.1 Å². The third-order valence-electron chi connectivity index (χ3n) is 2.48. The predicted molar refractivity (Wildman–Crippen MR) is 78.2 cm³/mol. The zero-order valence-electron chi connectivity index (χ0n) is 10.7. The van der Waals surface area contributed by atoms with Crippen molar-refractivity contribution in [3.8, 4) is 0 Å². The van der Waals surface area contributed by atoms with E-state index in [1.165, 1.54) is 6.33 Å². The number of benzene rings is 1. The molecule has 1 aromatic heterocycles. The molecule has 0 aliphatic heterocycles. The Hall–Kier alpha value is -2.47. The van der Waals surface area contributed by atoms with Gasteiger partial charge in [0.15, 0.2) is 0 Å². The maximum absolute atomic E-state index is 11.2. The van der Waals surface area contributed by atoms with Crippen LogP contribution in [0.15, 0.2) is 43.2 Å². The first-order valence-corrected chi connectivity index (χ1v) is 6.09. The van der Waals surface area contributed by atoms with Gasteiger partial charge in [0.2, 0.25) is 17.8 Å². The summed E-state index contributed by atoms with van der Waals surface area (Å²) < 4.78 is 0. The zero-order valence-corrected chi connectivity index (χ0v) is 11.5. The lowest BCUT2D eigenvalue weighted by molar-refractivity contribution is -0.111. The molecule has 1 N–H and O–H groups in total. The second-order valence-corrected chi connectivity index (χ2v) is 4.28. The van der Waals surface area contributed by atoms with Crippen molar-refractivity contribution in [2.45, 2.75) is 0 Å². The first-order valence-electron chi connectivity index (χ1n) is 5.72. The summed E-state index contributed by atoms with van der Waals surface area (Å²) in [6.07, 6.45) is 2.46. The van der Waals surface area contributed by atoms with Crippen LogP contribution in [0.2, 0.25) is 5.02 Å². The summed E-state index contributed by atoms with van der Waals surface area (Å²) >= 11 is 5.95. The number of aromatic nitrogens is 3. The highest BCUT2D eigenvalue weighted by atomic mass is 35.5. The average Bonchev–Trinajstić information content (AvgIpc) is 2.46. The maximum atomic E-state index is 11.2. The summed E-state index contributed by atoms with van der Waals surface area (Å²) in [7, 11) is 1.79. The van der Waals surface area contributed by atoms with Crippen molar-refractivity contribution in [2.75, 3.05) is 17.3 Å². The Labute approximate surface area is 121 Å². The lowest BCUT2D eigenvalue weighted by atomic mass is 10.3. The van der Waals surface area contributed by atoms with Crippen LogP contribution in [0.4, 0.5) is 17.6 Å². The van der Waals surface area contributed by atoms with E-state index in [0.29, 0.717) is 11.0 Å². The van der Waals surface area contributed by atoms with Gasteiger partial charge in [-0.3, -0.25) is 10.1 Å². The Kier molecular flexibility index (Phi) is 4.27. The molecule has 1 aromatic carbocycles. The monoisotopic (exact) mass is 289 g/mol. The second-order valence-electron chi connectivity index (χ2n) is 3.84. The minimum Gasteiger partial charge on any atom is -0.313 e. The summed E-state index contributed by atoms with van der Waals surface area (Å²) in [5.74, 6) is 0.169. The van der Waals surface area contributed by atoms with Crippen LogP contribution in [0.1, 0.15) is 0 Å². The number of rotatable bonds is 4. The Balaban J connectivity index is 2.26. The number of halogens is 1. The van der Waals surface area contributed by atoms with Gasteiger partial charge in [0.25, 0.3) is 0 Å². The Morgan fingerprint density at radius 3 is 2.95 bits per heavy atom. The molecule has 102 valence electrons. The van der Waals surface area contributed by atoms with Crippen LogP contribution in [0.3, 0.4) is 0 Å². The number of hydrogen-bond donors (Lipinski definition) is 1. The molecule has 0 saturated carbocycles. The van der Waals surface area contributed by atoms with E-state index >= 15 is 0 Å². The molecule has 0 fully saturated rings. The van der Waals surface area contributed by atoms with Gasteiger partial charge in [-0.25, -0.2) is 9.97 Å². The highest BCUT2D eigenvalue weighted by molar-refractivity contribution is 6.30. The molecule has 0 radical (unpaired) electrons. The lowest BCUT2D eigenvalue weighted by Gasteiger charge is -2.17. The van der Waals surface area contributed by atoms with Crippen LogP contribution in [0.25, 0.3) is 0 Å².